The molecule has 1 aromatic carbocycles. The smallest absolute Gasteiger partial charge is 0.130 e. The summed E-state index contributed by atoms with van der Waals surface area (Å²) in [5, 5.41) is 9.20. The molecule has 0 saturated heterocycles. The lowest BCUT2D eigenvalue weighted by Crippen LogP contribution is -2.34. The highest BCUT2D eigenvalue weighted by Crippen LogP contribution is 2.17. The summed E-state index contributed by atoms with van der Waals surface area (Å²) >= 11 is 0. The fourth-order valence-electron chi connectivity index (χ4n) is 1.25. The molecule has 0 aliphatic heterocycles. The first kappa shape index (κ1) is 11.9. The number of rotatable bonds is 4. The summed E-state index contributed by atoms with van der Waals surface area (Å²) in [4.78, 5) is 0. The molecule has 2 atom stereocenters. The van der Waals surface area contributed by atoms with Crippen molar-refractivity contribution in [3.63, 3.8) is 0 Å². The molecule has 0 saturated carbocycles. The molecule has 3 N–H and O–H groups in total. The van der Waals surface area contributed by atoms with Crippen LogP contribution in [0.2, 0.25) is 0 Å². The largest absolute Gasteiger partial charge is 0.497 e. The zero-order valence-corrected chi connectivity index (χ0v) is 8.90. The Morgan fingerprint density at radius 1 is 1.53 bits per heavy atom. The van der Waals surface area contributed by atoms with E-state index in [2.05, 4.69) is 0 Å². The number of benzene rings is 1. The van der Waals surface area contributed by atoms with Crippen LogP contribution in [0.25, 0.3) is 0 Å². The molecule has 0 heterocycles. The van der Waals surface area contributed by atoms with E-state index in [1.165, 1.54) is 13.2 Å². The average molecular weight is 213 g/mol. The fourth-order valence-corrected chi connectivity index (χ4v) is 1.25. The van der Waals surface area contributed by atoms with Crippen molar-refractivity contribution >= 4 is 0 Å². The van der Waals surface area contributed by atoms with Gasteiger partial charge in [0, 0.05) is 12.1 Å². The van der Waals surface area contributed by atoms with Crippen LogP contribution in [0.1, 0.15) is 12.5 Å². The van der Waals surface area contributed by atoms with E-state index in [0.29, 0.717) is 17.7 Å². The second-order valence-electron chi connectivity index (χ2n) is 3.57. The van der Waals surface area contributed by atoms with Crippen LogP contribution in [0.4, 0.5) is 4.39 Å². The molecule has 1 rings (SSSR count). The lowest BCUT2D eigenvalue weighted by molar-refractivity contribution is 0.163. The summed E-state index contributed by atoms with van der Waals surface area (Å²) in [6, 6.07) is 4.15. The summed E-state index contributed by atoms with van der Waals surface area (Å²) < 4.78 is 18.3. The van der Waals surface area contributed by atoms with Crippen LogP contribution in [-0.2, 0) is 6.42 Å². The maximum absolute atomic E-state index is 13.4. The molecule has 0 bridgehead atoms. The van der Waals surface area contributed by atoms with E-state index >= 15 is 0 Å². The van der Waals surface area contributed by atoms with Crippen molar-refractivity contribution in [2.45, 2.75) is 25.5 Å². The van der Waals surface area contributed by atoms with Crippen LogP contribution in [0.15, 0.2) is 18.2 Å². The van der Waals surface area contributed by atoms with Crippen molar-refractivity contribution in [3.8, 4) is 5.75 Å². The minimum Gasteiger partial charge on any atom is -0.497 e. The molecule has 84 valence electrons. The molecule has 3 nitrogen and oxygen atoms in total. The predicted molar refractivity (Wildman–Crippen MR) is 56.3 cm³/mol. The Morgan fingerprint density at radius 2 is 2.20 bits per heavy atom. The highest BCUT2D eigenvalue weighted by Gasteiger charge is 2.13. The predicted octanol–water partition coefficient (Wildman–Crippen LogP) is 1.08. The highest BCUT2D eigenvalue weighted by atomic mass is 19.1. The van der Waals surface area contributed by atoms with Gasteiger partial charge in [-0.3, -0.25) is 0 Å². The van der Waals surface area contributed by atoms with E-state index in [-0.39, 0.29) is 5.82 Å². The third-order valence-electron chi connectivity index (χ3n) is 2.34. The third-order valence-corrected chi connectivity index (χ3v) is 2.34. The van der Waals surface area contributed by atoms with E-state index < -0.39 is 12.1 Å². The van der Waals surface area contributed by atoms with E-state index in [9.17, 15) is 9.50 Å². The summed E-state index contributed by atoms with van der Waals surface area (Å²) in [5.74, 6) is 0.118. The topological polar surface area (TPSA) is 55.5 Å². The van der Waals surface area contributed by atoms with Gasteiger partial charge in [-0.2, -0.15) is 0 Å². The van der Waals surface area contributed by atoms with Crippen LogP contribution in [0.3, 0.4) is 0 Å². The fraction of sp³-hybridized carbons (Fsp3) is 0.455. The molecule has 0 fully saturated rings. The van der Waals surface area contributed by atoms with Crippen molar-refractivity contribution in [2.75, 3.05) is 7.11 Å². The summed E-state index contributed by atoms with van der Waals surface area (Å²) in [5.41, 5.74) is 6.13. The molecule has 0 radical (unpaired) electrons. The van der Waals surface area contributed by atoms with E-state index in [0.717, 1.165) is 0 Å². The molecule has 0 aliphatic carbocycles. The van der Waals surface area contributed by atoms with Crippen LogP contribution in [0.5, 0.6) is 5.75 Å². The molecule has 0 amide bonds. The summed E-state index contributed by atoms with van der Waals surface area (Å²) in [6.45, 7) is 1.59. The molecular weight excluding hydrogens is 197 g/mol. The second-order valence-corrected chi connectivity index (χ2v) is 3.57. The van der Waals surface area contributed by atoms with Gasteiger partial charge in [-0.15, -0.1) is 0 Å². The first-order chi connectivity index (χ1) is 7.04. The van der Waals surface area contributed by atoms with E-state index in [4.69, 9.17) is 10.5 Å². The van der Waals surface area contributed by atoms with Crippen LogP contribution >= 0.6 is 0 Å². The van der Waals surface area contributed by atoms with Gasteiger partial charge in [0.15, 0.2) is 0 Å². The van der Waals surface area contributed by atoms with Crippen LogP contribution in [0, 0.1) is 5.82 Å². The SMILES string of the molecule is COc1ccc(CC(N)C(C)O)c(F)c1. The lowest BCUT2D eigenvalue weighted by Gasteiger charge is -2.15. The first-order valence-corrected chi connectivity index (χ1v) is 4.80. The molecular formula is C11H16FNO2. The van der Waals surface area contributed by atoms with Gasteiger partial charge < -0.3 is 15.6 Å². The minimum atomic E-state index is -0.647. The highest BCUT2D eigenvalue weighted by molar-refractivity contribution is 5.29. The molecule has 1 aromatic rings. The number of nitrogens with two attached hydrogens (primary N) is 1. The van der Waals surface area contributed by atoms with Crippen LogP contribution < -0.4 is 10.5 Å². The van der Waals surface area contributed by atoms with Crippen molar-refractivity contribution in [1.29, 1.82) is 0 Å². The Kier molecular flexibility index (Phi) is 4.05. The third kappa shape index (κ3) is 3.18. The standard InChI is InChI=1S/C11H16FNO2/c1-7(14)11(13)5-8-3-4-9(15-2)6-10(8)12/h3-4,6-7,11,14H,5,13H2,1-2H3. The molecule has 0 aliphatic rings. The number of hydrogen-bond donors (Lipinski definition) is 2. The molecule has 0 aromatic heterocycles. The summed E-state index contributed by atoms with van der Waals surface area (Å²) in [6.07, 6.45) is -0.334. The number of methoxy groups -OCH3 is 1. The van der Waals surface area contributed by atoms with Crippen molar-refractivity contribution < 1.29 is 14.2 Å². The number of hydrogen-bond acceptors (Lipinski definition) is 3. The molecule has 0 spiro atoms. The second kappa shape index (κ2) is 5.09. The Hall–Kier alpha value is -1.13. The summed E-state index contributed by atoms with van der Waals surface area (Å²) in [7, 11) is 1.48. The quantitative estimate of drug-likeness (QED) is 0.787. The Balaban J connectivity index is 2.78. The number of ether oxygens (including phenoxy) is 1. The maximum atomic E-state index is 13.4. The van der Waals surface area contributed by atoms with Crippen molar-refractivity contribution in [2.24, 2.45) is 5.73 Å². The molecule has 15 heavy (non-hydrogen) atoms. The first-order valence-electron chi connectivity index (χ1n) is 4.80. The van der Waals surface area contributed by atoms with Gasteiger partial charge in [0.2, 0.25) is 0 Å². The van der Waals surface area contributed by atoms with E-state index in [1.54, 1.807) is 19.1 Å². The van der Waals surface area contributed by atoms with Crippen molar-refractivity contribution in [3.05, 3.63) is 29.6 Å². The van der Waals surface area contributed by atoms with E-state index in [1.807, 2.05) is 0 Å². The van der Waals surface area contributed by atoms with Gasteiger partial charge in [-0.25, -0.2) is 4.39 Å². The monoisotopic (exact) mass is 213 g/mol. The molecule has 4 heteroatoms. The zero-order chi connectivity index (χ0) is 11.4. The van der Waals surface area contributed by atoms with Gasteiger partial charge in [0.1, 0.15) is 11.6 Å². The minimum absolute atomic E-state index is 0.313. The van der Waals surface area contributed by atoms with Crippen molar-refractivity contribution in [1.82, 2.24) is 0 Å². The Labute approximate surface area is 88.7 Å². The van der Waals surface area contributed by atoms with Gasteiger partial charge in [0.25, 0.3) is 0 Å². The number of aliphatic hydroxyl groups is 1. The zero-order valence-electron chi connectivity index (χ0n) is 8.90. The van der Waals surface area contributed by atoms with Gasteiger partial charge in [-0.1, -0.05) is 6.07 Å². The maximum Gasteiger partial charge on any atom is 0.130 e. The van der Waals surface area contributed by atoms with Gasteiger partial charge in [-0.05, 0) is 25.0 Å². The van der Waals surface area contributed by atoms with Gasteiger partial charge in [0.05, 0.1) is 13.2 Å². The Bertz CT molecular complexity index is 328. The van der Waals surface area contributed by atoms with Crippen LogP contribution in [-0.4, -0.2) is 24.4 Å². The Morgan fingerprint density at radius 3 is 2.67 bits per heavy atom. The lowest BCUT2D eigenvalue weighted by atomic mass is 10.0. The normalized spacial score (nSPS) is 14.7. The number of aliphatic hydroxyl groups excluding tert-OH is 1. The molecule has 2 unspecified atom stereocenters. The average Bonchev–Trinajstić information content (AvgIpc) is 2.20. The van der Waals surface area contributed by atoms with Gasteiger partial charge >= 0.3 is 0 Å². The number of halogens is 1.